The lowest BCUT2D eigenvalue weighted by Gasteiger charge is -2.40. The molecule has 1 aliphatic heterocycles. The van der Waals surface area contributed by atoms with E-state index >= 15 is 0 Å². The summed E-state index contributed by atoms with van der Waals surface area (Å²) in [5.41, 5.74) is 0.611. The number of piperidine rings is 1. The maximum absolute atomic E-state index is 3.76. The van der Waals surface area contributed by atoms with Crippen LogP contribution in [-0.2, 0) is 0 Å². The van der Waals surface area contributed by atoms with Crippen molar-refractivity contribution in [2.75, 3.05) is 25.0 Å². The predicted molar refractivity (Wildman–Crippen MR) is 74.1 cm³/mol. The van der Waals surface area contributed by atoms with E-state index in [1.165, 1.54) is 57.1 Å². The molecule has 1 aliphatic carbocycles. The molecule has 2 aliphatic rings. The van der Waals surface area contributed by atoms with Gasteiger partial charge in [0, 0.05) is 18.4 Å². The lowest BCUT2D eigenvalue weighted by atomic mass is 9.84. The molecule has 0 aromatic carbocycles. The lowest BCUT2D eigenvalue weighted by molar-refractivity contribution is 0.0943. The van der Waals surface area contributed by atoms with Gasteiger partial charge in [0.1, 0.15) is 0 Å². The Morgan fingerprint density at radius 1 is 1.19 bits per heavy atom. The molecule has 2 fully saturated rings. The fourth-order valence-electron chi connectivity index (χ4n) is 3.43. The molecule has 1 saturated heterocycles. The molecule has 0 spiro atoms. The van der Waals surface area contributed by atoms with Crippen molar-refractivity contribution in [1.29, 1.82) is 0 Å². The maximum Gasteiger partial charge on any atom is 0.0100 e. The minimum Gasteiger partial charge on any atom is -0.302 e. The summed E-state index contributed by atoms with van der Waals surface area (Å²) in [5, 5.41) is 1.21. The lowest BCUT2D eigenvalue weighted by Crippen LogP contribution is -2.44. The summed E-state index contributed by atoms with van der Waals surface area (Å²) in [7, 11) is 0. The number of nitrogens with zero attached hydrogens (tertiary/aromatic N) is 1. The van der Waals surface area contributed by atoms with Crippen LogP contribution in [0.3, 0.4) is 0 Å². The molecule has 2 atom stereocenters. The Labute approximate surface area is 109 Å². The number of halogens is 1. The van der Waals surface area contributed by atoms with Gasteiger partial charge in [0.25, 0.3) is 0 Å². The highest BCUT2D eigenvalue weighted by atomic mass is 79.9. The van der Waals surface area contributed by atoms with E-state index < -0.39 is 0 Å². The first-order chi connectivity index (χ1) is 7.65. The molecule has 2 unspecified atom stereocenters. The standard InChI is InChI=1S/C14H26BrN/c1-12-5-8-16(9-13(12)2)11-14(10-15)6-3-4-7-14/h12-13H,3-11H2,1-2H3. The molecular formula is C14H26BrN. The third-order valence-electron chi connectivity index (χ3n) is 4.92. The normalized spacial score (nSPS) is 35.4. The minimum absolute atomic E-state index is 0.611. The van der Waals surface area contributed by atoms with E-state index in [0.717, 1.165) is 11.8 Å². The summed E-state index contributed by atoms with van der Waals surface area (Å²) in [6.07, 6.45) is 7.19. The molecule has 0 radical (unpaired) electrons. The van der Waals surface area contributed by atoms with Crippen LogP contribution in [0.4, 0.5) is 0 Å². The highest BCUT2D eigenvalue weighted by molar-refractivity contribution is 9.09. The molecule has 0 amide bonds. The van der Waals surface area contributed by atoms with Gasteiger partial charge >= 0.3 is 0 Å². The SMILES string of the molecule is CC1CCN(CC2(CBr)CCCC2)CC1C. The Bertz CT molecular complexity index is 223. The van der Waals surface area contributed by atoms with Crippen LogP contribution in [0.5, 0.6) is 0 Å². The molecule has 0 aromatic rings. The monoisotopic (exact) mass is 287 g/mol. The van der Waals surface area contributed by atoms with Crippen molar-refractivity contribution in [3.63, 3.8) is 0 Å². The van der Waals surface area contributed by atoms with Crippen molar-refractivity contribution in [3.05, 3.63) is 0 Å². The topological polar surface area (TPSA) is 3.24 Å². The summed E-state index contributed by atoms with van der Waals surface area (Å²) in [4.78, 5) is 2.73. The van der Waals surface area contributed by atoms with Crippen molar-refractivity contribution in [2.24, 2.45) is 17.3 Å². The Hall–Kier alpha value is 0.440. The zero-order chi connectivity index (χ0) is 11.6. The van der Waals surface area contributed by atoms with Gasteiger partial charge in [-0.3, -0.25) is 0 Å². The number of likely N-dealkylation sites (tertiary alicyclic amines) is 1. The third-order valence-corrected chi connectivity index (χ3v) is 6.11. The minimum atomic E-state index is 0.611. The van der Waals surface area contributed by atoms with E-state index in [9.17, 15) is 0 Å². The summed E-state index contributed by atoms with van der Waals surface area (Å²) < 4.78 is 0. The average Bonchev–Trinajstić information content (AvgIpc) is 2.73. The van der Waals surface area contributed by atoms with Gasteiger partial charge in [-0.25, -0.2) is 0 Å². The molecule has 1 nitrogen and oxygen atoms in total. The van der Waals surface area contributed by atoms with Crippen molar-refractivity contribution >= 4 is 15.9 Å². The van der Waals surface area contributed by atoms with Crippen LogP contribution in [0.2, 0.25) is 0 Å². The van der Waals surface area contributed by atoms with Crippen LogP contribution in [0, 0.1) is 17.3 Å². The van der Waals surface area contributed by atoms with Gasteiger partial charge in [0.15, 0.2) is 0 Å². The molecule has 16 heavy (non-hydrogen) atoms. The molecular weight excluding hydrogens is 262 g/mol. The number of rotatable bonds is 3. The number of hydrogen-bond acceptors (Lipinski definition) is 1. The molecule has 0 bridgehead atoms. The van der Waals surface area contributed by atoms with E-state index in [1.807, 2.05) is 0 Å². The van der Waals surface area contributed by atoms with Gasteiger partial charge in [0.05, 0.1) is 0 Å². The second-order valence-corrected chi connectivity index (χ2v) is 6.88. The molecule has 0 aromatic heterocycles. The van der Waals surface area contributed by atoms with Gasteiger partial charge < -0.3 is 4.90 Å². The Morgan fingerprint density at radius 2 is 1.88 bits per heavy atom. The third kappa shape index (κ3) is 2.81. The van der Waals surface area contributed by atoms with E-state index in [-0.39, 0.29) is 0 Å². The van der Waals surface area contributed by atoms with Gasteiger partial charge in [-0.2, -0.15) is 0 Å². The first kappa shape index (κ1) is 12.9. The quantitative estimate of drug-likeness (QED) is 0.711. The Kier molecular flexibility index (Phi) is 4.34. The van der Waals surface area contributed by atoms with Gasteiger partial charge in [-0.05, 0) is 43.1 Å². The van der Waals surface area contributed by atoms with E-state index in [4.69, 9.17) is 0 Å². The highest BCUT2D eigenvalue weighted by Crippen LogP contribution is 2.41. The first-order valence-corrected chi connectivity index (χ1v) is 8.06. The zero-order valence-electron chi connectivity index (χ0n) is 10.8. The van der Waals surface area contributed by atoms with Gasteiger partial charge in [-0.1, -0.05) is 42.6 Å². The number of hydrogen-bond donors (Lipinski definition) is 0. The molecule has 0 N–H and O–H groups in total. The smallest absolute Gasteiger partial charge is 0.0100 e. The molecule has 1 heterocycles. The molecule has 2 rings (SSSR count). The molecule has 94 valence electrons. The highest BCUT2D eigenvalue weighted by Gasteiger charge is 2.36. The Morgan fingerprint density at radius 3 is 2.44 bits per heavy atom. The summed E-state index contributed by atoms with van der Waals surface area (Å²) in [6.45, 7) is 8.84. The zero-order valence-corrected chi connectivity index (χ0v) is 12.4. The fraction of sp³-hybridized carbons (Fsp3) is 1.00. The second kappa shape index (κ2) is 5.39. The first-order valence-electron chi connectivity index (χ1n) is 6.93. The second-order valence-electron chi connectivity index (χ2n) is 6.32. The fourth-order valence-corrected chi connectivity index (χ4v) is 4.16. The Balaban J connectivity index is 1.89. The summed E-state index contributed by atoms with van der Waals surface area (Å²) >= 11 is 3.76. The van der Waals surface area contributed by atoms with Crippen LogP contribution in [0.1, 0.15) is 46.0 Å². The summed E-state index contributed by atoms with van der Waals surface area (Å²) in [5.74, 6) is 1.82. The van der Waals surface area contributed by atoms with E-state index in [0.29, 0.717) is 5.41 Å². The molecule has 1 saturated carbocycles. The van der Waals surface area contributed by atoms with Crippen LogP contribution in [0.25, 0.3) is 0 Å². The number of alkyl halides is 1. The van der Waals surface area contributed by atoms with Crippen LogP contribution in [0.15, 0.2) is 0 Å². The van der Waals surface area contributed by atoms with E-state index in [2.05, 4.69) is 34.7 Å². The van der Waals surface area contributed by atoms with Crippen LogP contribution < -0.4 is 0 Å². The van der Waals surface area contributed by atoms with Gasteiger partial charge in [-0.15, -0.1) is 0 Å². The summed E-state index contributed by atoms with van der Waals surface area (Å²) in [6, 6.07) is 0. The van der Waals surface area contributed by atoms with Crippen LogP contribution in [-0.4, -0.2) is 29.9 Å². The van der Waals surface area contributed by atoms with Crippen molar-refractivity contribution in [3.8, 4) is 0 Å². The van der Waals surface area contributed by atoms with Crippen LogP contribution >= 0.6 is 15.9 Å². The van der Waals surface area contributed by atoms with E-state index in [1.54, 1.807) is 0 Å². The average molecular weight is 288 g/mol. The van der Waals surface area contributed by atoms with Crippen molar-refractivity contribution in [2.45, 2.75) is 46.0 Å². The maximum atomic E-state index is 3.76. The largest absolute Gasteiger partial charge is 0.302 e. The van der Waals surface area contributed by atoms with Crippen molar-refractivity contribution < 1.29 is 0 Å². The molecule has 2 heteroatoms. The van der Waals surface area contributed by atoms with Crippen molar-refractivity contribution in [1.82, 2.24) is 4.90 Å². The predicted octanol–water partition coefficient (Wildman–Crippen LogP) is 3.92. The van der Waals surface area contributed by atoms with Gasteiger partial charge in [0.2, 0.25) is 0 Å².